The number of amides is 1. The van der Waals surface area contributed by atoms with Gasteiger partial charge in [-0.3, -0.25) is 19.1 Å². The molecular weight excluding hydrogens is 452 g/mol. The van der Waals surface area contributed by atoms with Crippen molar-refractivity contribution in [1.29, 1.82) is 0 Å². The molecule has 6 nitrogen and oxygen atoms in total. The van der Waals surface area contributed by atoms with Gasteiger partial charge in [0.05, 0.1) is 11.9 Å². The number of carbonyl (C=O) groups is 1. The van der Waals surface area contributed by atoms with Crippen LogP contribution in [0.2, 0.25) is 0 Å². The average molecular weight is 479 g/mol. The number of nitrogens with one attached hydrogen (secondary N) is 1. The standard InChI is InChI=1S/C25H26N4O2S2/c30-22(26-14-18-8-3-1-4-9-18)16-29-21(15-28-11-5-2-6-12-28)27-24-23(25(29)31)19(17-33-24)20-10-7-13-32-20/h1,3-4,7-10,13,17H,2,5-6,11-12,14-16H2,(H,26,30). The molecule has 0 spiro atoms. The zero-order valence-corrected chi connectivity index (χ0v) is 20.0. The molecule has 1 aliphatic heterocycles. The predicted molar refractivity (Wildman–Crippen MR) is 135 cm³/mol. The van der Waals surface area contributed by atoms with Crippen LogP contribution in [0.5, 0.6) is 0 Å². The fourth-order valence-electron chi connectivity index (χ4n) is 4.28. The van der Waals surface area contributed by atoms with Crippen LogP contribution in [0.25, 0.3) is 20.7 Å². The van der Waals surface area contributed by atoms with Gasteiger partial charge in [0.2, 0.25) is 5.91 Å². The summed E-state index contributed by atoms with van der Waals surface area (Å²) in [4.78, 5) is 35.6. The molecule has 8 heteroatoms. The Kier molecular flexibility index (Phi) is 6.66. The van der Waals surface area contributed by atoms with Gasteiger partial charge in [0.1, 0.15) is 17.2 Å². The first-order valence-corrected chi connectivity index (χ1v) is 13.0. The Morgan fingerprint density at radius 2 is 1.85 bits per heavy atom. The lowest BCUT2D eigenvalue weighted by Crippen LogP contribution is -2.37. The SMILES string of the molecule is O=C(Cn1c(CN2CCCCC2)nc2scc(-c3cccs3)c2c1=O)NCc1ccccc1. The summed E-state index contributed by atoms with van der Waals surface area (Å²) in [5.74, 6) is 0.485. The molecule has 0 atom stereocenters. The van der Waals surface area contributed by atoms with Crippen molar-refractivity contribution in [2.24, 2.45) is 0 Å². The predicted octanol–water partition coefficient (Wildman–Crippen LogP) is 4.49. The van der Waals surface area contributed by atoms with Crippen molar-refractivity contribution in [3.63, 3.8) is 0 Å². The summed E-state index contributed by atoms with van der Waals surface area (Å²) in [5.41, 5.74) is 1.80. The second-order valence-electron chi connectivity index (χ2n) is 8.33. The van der Waals surface area contributed by atoms with E-state index in [-0.39, 0.29) is 18.0 Å². The van der Waals surface area contributed by atoms with Crippen molar-refractivity contribution in [3.05, 3.63) is 75.0 Å². The lowest BCUT2D eigenvalue weighted by molar-refractivity contribution is -0.121. The van der Waals surface area contributed by atoms with Crippen molar-refractivity contribution in [2.75, 3.05) is 13.1 Å². The first kappa shape index (κ1) is 22.0. The number of thiophene rings is 2. The molecule has 1 aromatic carbocycles. The smallest absolute Gasteiger partial charge is 0.263 e. The molecule has 4 heterocycles. The molecule has 170 valence electrons. The molecule has 1 saturated heterocycles. The first-order valence-electron chi connectivity index (χ1n) is 11.3. The van der Waals surface area contributed by atoms with Crippen LogP contribution in [0.15, 0.2) is 58.0 Å². The highest BCUT2D eigenvalue weighted by Gasteiger charge is 2.21. The second-order valence-corrected chi connectivity index (χ2v) is 10.1. The summed E-state index contributed by atoms with van der Waals surface area (Å²) in [6.07, 6.45) is 3.56. The third-order valence-electron chi connectivity index (χ3n) is 6.01. The van der Waals surface area contributed by atoms with Crippen LogP contribution in [0, 0.1) is 0 Å². The maximum Gasteiger partial charge on any atom is 0.263 e. The largest absolute Gasteiger partial charge is 0.350 e. The quantitative estimate of drug-likeness (QED) is 0.425. The van der Waals surface area contributed by atoms with E-state index in [9.17, 15) is 9.59 Å². The maximum atomic E-state index is 13.7. The minimum Gasteiger partial charge on any atom is -0.350 e. The van der Waals surface area contributed by atoms with E-state index in [0.717, 1.165) is 46.8 Å². The summed E-state index contributed by atoms with van der Waals surface area (Å²) in [6, 6.07) is 13.8. The fraction of sp³-hybridized carbons (Fsp3) is 0.320. The third-order valence-corrected chi connectivity index (χ3v) is 7.78. The maximum absolute atomic E-state index is 13.7. The molecule has 1 amide bonds. The highest BCUT2D eigenvalue weighted by Crippen LogP contribution is 2.33. The van der Waals surface area contributed by atoms with Crippen LogP contribution < -0.4 is 10.9 Å². The van der Waals surface area contributed by atoms with Crippen molar-refractivity contribution in [3.8, 4) is 10.4 Å². The van der Waals surface area contributed by atoms with Gasteiger partial charge in [-0.05, 0) is 42.9 Å². The molecular formula is C25H26N4O2S2. The Bertz CT molecular complexity index is 1290. The van der Waals surface area contributed by atoms with Gasteiger partial charge in [-0.25, -0.2) is 4.98 Å². The normalized spacial score (nSPS) is 14.5. The van der Waals surface area contributed by atoms with Gasteiger partial charge < -0.3 is 5.32 Å². The average Bonchev–Trinajstić information content (AvgIpc) is 3.52. The number of carbonyl (C=O) groups excluding carboxylic acids is 1. The summed E-state index contributed by atoms with van der Waals surface area (Å²) in [7, 11) is 0. The summed E-state index contributed by atoms with van der Waals surface area (Å²) >= 11 is 3.11. The number of likely N-dealkylation sites (tertiary alicyclic amines) is 1. The van der Waals surface area contributed by atoms with Gasteiger partial charge in [0.15, 0.2) is 0 Å². The van der Waals surface area contributed by atoms with Crippen molar-refractivity contribution < 1.29 is 4.79 Å². The minimum absolute atomic E-state index is 0.0303. The number of hydrogen-bond donors (Lipinski definition) is 1. The monoisotopic (exact) mass is 478 g/mol. The number of hydrogen-bond acceptors (Lipinski definition) is 6. The summed E-state index contributed by atoms with van der Waals surface area (Å²) in [6.45, 7) is 2.99. The van der Waals surface area contributed by atoms with Crippen LogP contribution in [-0.2, 0) is 24.4 Å². The van der Waals surface area contributed by atoms with Gasteiger partial charge in [0, 0.05) is 22.4 Å². The van der Waals surface area contributed by atoms with Gasteiger partial charge in [-0.15, -0.1) is 22.7 Å². The van der Waals surface area contributed by atoms with Crippen molar-refractivity contribution >= 4 is 38.8 Å². The summed E-state index contributed by atoms with van der Waals surface area (Å²) < 4.78 is 1.58. The topological polar surface area (TPSA) is 67.2 Å². The molecule has 1 N–H and O–H groups in total. The van der Waals surface area contributed by atoms with E-state index in [2.05, 4.69) is 10.2 Å². The van der Waals surface area contributed by atoms with Gasteiger partial charge in [0.25, 0.3) is 5.56 Å². The van der Waals surface area contributed by atoms with Gasteiger partial charge in [-0.2, -0.15) is 0 Å². The van der Waals surface area contributed by atoms with E-state index in [1.807, 2.05) is 53.2 Å². The van der Waals surface area contributed by atoms with E-state index in [1.165, 1.54) is 17.8 Å². The van der Waals surface area contributed by atoms with Crippen molar-refractivity contribution in [2.45, 2.75) is 38.9 Å². The number of piperidine rings is 1. The molecule has 1 fully saturated rings. The third kappa shape index (κ3) is 4.93. The molecule has 0 radical (unpaired) electrons. The van der Waals surface area contributed by atoms with Crippen molar-refractivity contribution in [1.82, 2.24) is 19.8 Å². The molecule has 0 aliphatic carbocycles. The Hall–Kier alpha value is -2.81. The molecule has 1 aliphatic rings. The molecule has 5 rings (SSSR count). The lowest BCUT2D eigenvalue weighted by atomic mass is 10.1. The van der Waals surface area contributed by atoms with E-state index < -0.39 is 0 Å². The Morgan fingerprint density at radius 1 is 1.03 bits per heavy atom. The van der Waals surface area contributed by atoms with Crippen LogP contribution in [-0.4, -0.2) is 33.4 Å². The molecule has 0 saturated carbocycles. The number of nitrogens with zero attached hydrogens (tertiary/aromatic N) is 3. The van der Waals surface area contributed by atoms with Crippen LogP contribution in [0.4, 0.5) is 0 Å². The molecule has 3 aromatic heterocycles. The number of fused-ring (bicyclic) bond motifs is 1. The van der Waals surface area contributed by atoms with Gasteiger partial charge in [-0.1, -0.05) is 42.8 Å². The minimum atomic E-state index is -0.185. The number of rotatable bonds is 7. The van der Waals surface area contributed by atoms with E-state index in [4.69, 9.17) is 4.98 Å². The first-order chi connectivity index (χ1) is 16.2. The Labute approximate surface area is 200 Å². The molecule has 0 unspecified atom stereocenters. The molecule has 4 aromatic rings. The van der Waals surface area contributed by atoms with Crippen LogP contribution in [0.3, 0.4) is 0 Å². The zero-order chi connectivity index (χ0) is 22.6. The van der Waals surface area contributed by atoms with E-state index in [0.29, 0.717) is 24.3 Å². The highest BCUT2D eigenvalue weighted by atomic mass is 32.1. The van der Waals surface area contributed by atoms with Gasteiger partial charge >= 0.3 is 0 Å². The molecule has 33 heavy (non-hydrogen) atoms. The van der Waals surface area contributed by atoms with Crippen LogP contribution in [0.1, 0.15) is 30.7 Å². The summed E-state index contributed by atoms with van der Waals surface area (Å²) in [5, 5.41) is 7.58. The van der Waals surface area contributed by atoms with E-state index in [1.54, 1.807) is 15.9 Å². The Balaban J connectivity index is 1.48. The number of benzene rings is 1. The fourth-order valence-corrected chi connectivity index (χ4v) is 6.05. The molecule has 0 bridgehead atoms. The van der Waals surface area contributed by atoms with Crippen LogP contribution >= 0.6 is 22.7 Å². The highest BCUT2D eigenvalue weighted by molar-refractivity contribution is 7.18. The Morgan fingerprint density at radius 3 is 2.61 bits per heavy atom. The second kappa shape index (κ2) is 9.99. The zero-order valence-electron chi connectivity index (χ0n) is 18.3. The van der Waals surface area contributed by atoms with E-state index >= 15 is 0 Å². The lowest BCUT2D eigenvalue weighted by Gasteiger charge is -2.27. The number of aromatic nitrogens is 2.